The zero-order chi connectivity index (χ0) is 12.3. The number of anilines is 1. The maximum Gasteiger partial charge on any atom is 0.231 e. The monoisotopic (exact) mass is 234 g/mol. The molecule has 4 nitrogen and oxygen atoms in total. The van der Waals surface area contributed by atoms with Gasteiger partial charge in [-0.25, -0.2) is 0 Å². The van der Waals surface area contributed by atoms with Gasteiger partial charge >= 0.3 is 0 Å². The number of carbonyl (C=O) groups is 1. The summed E-state index contributed by atoms with van der Waals surface area (Å²) in [6.45, 7) is 3.01. The van der Waals surface area contributed by atoms with Crippen molar-refractivity contribution in [3.8, 4) is 5.75 Å². The number of ether oxygens (including phenoxy) is 1. The Bertz CT molecular complexity index is 396. The molecule has 0 aliphatic heterocycles. The second kappa shape index (κ2) is 4.75. The van der Waals surface area contributed by atoms with Crippen LogP contribution < -0.4 is 15.8 Å². The summed E-state index contributed by atoms with van der Waals surface area (Å²) in [7, 11) is 0. The molecule has 2 rings (SSSR count). The van der Waals surface area contributed by atoms with Gasteiger partial charge in [0.2, 0.25) is 5.91 Å². The van der Waals surface area contributed by atoms with E-state index >= 15 is 0 Å². The van der Waals surface area contributed by atoms with E-state index < -0.39 is 0 Å². The van der Waals surface area contributed by atoms with Crippen molar-refractivity contribution < 1.29 is 9.53 Å². The van der Waals surface area contributed by atoms with Gasteiger partial charge in [0, 0.05) is 12.2 Å². The number of hydrogen-bond donors (Lipinski definition) is 2. The van der Waals surface area contributed by atoms with E-state index in [-0.39, 0.29) is 11.3 Å². The summed E-state index contributed by atoms with van der Waals surface area (Å²) in [5.41, 5.74) is 6.09. The highest BCUT2D eigenvalue weighted by Gasteiger charge is 2.48. The Morgan fingerprint density at radius 1 is 1.41 bits per heavy atom. The summed E-state index contributed by atoms with van der Waals surface area (Å²) in [5, 5.41) is 2.89. The van der Waals surface area contributed by atoms with Gasteiger partial charge < -0.3 is 15.8 Å². The largest absolute Gasteiger partial charge is 0.494 e. The molecule has 1 aliphatic carbocycles. The molecule has 0 heterocycles. The Morgan fingerprint density at radius 2 is 2.06 bits per heavy atom. The maximum atomic E-state index is 11.9. The van der Waals surface area contributed by atoms with Crippen molar-refractivity contribution in [3.05, 3.63) is 24.3 Å². The number of hydrogen-bond acceptors (Lipinski definition) is 3. The normalized spacial score (nSPS) is 16.4. The lowest BCUT2D eigenvalue weighted by molar-refractivity contribution is -0.120. The van der Waals surface area contributed by atoms with Gasteiger partial charge in [0.15, 0.2) is 0 Å². The van der Waals surface area contributed by atoms with Gasteiger partial charge in [-0.3, -0.25) is 4.79 Å². The lowest BCUT2D eigenvalue weighted by atomic mass is 10.1. The Balaban J connectivity index is 1.97. The van der Waals surface area contributed by atoms with E-state index in [1.165, 1.54) is 0 Å². The van der Waals surface area contributed by atoms with Gasteiger partial charge in [0.1, 0.15) is 5.75 Å². The molecule has 3 N–H and O–H groups in total. The van der Waals surface area contributed by atoms with E-state index in [2.05, 4.69) is 5.32 Å². The third kappa shape index (κ3) is 2.58. The molecule has 0 unspecified atom stereocenters. The first-order valence-electron chi connectivity index (χ1n) is 5.94. The van der Waals surface area contributed by atoms with E-state index in [0.29, 0.717) is 13.2 Å². The van der Waals surface area contributed by atoms with Crippen LogP contribution in [0.5, 0.6) is 5.75 Å². The fourth-order valence-corrected chi connectivity index (χ4v) is 1.74. The second-order valence-corrected chi connectivity index (χ2v) is 4.40. The lowest BCUT2D eigenvalue weighted by Gasteiger charge is -2.13. The van der Waals surface area contributed by atoms with E-state index in [1.54, 1.807) is 0 Å². The van der Waals surface area contributed by atoms with Crippen LogP contribution >= 0.6 is 0 Å². The molecule has 0 radical (unpaired) electrons. The lowest BCUT2D eigenvalue weighted by Crippen LogP contribution is -2.30. The quantitative estimate of drug-likeness (QED) is 0.816. The van der Waals surface area contributed by atoms with Crippen LogP contribution in [0.1, 0.15) is 19.8 Å². The minimum absolute atomic E-state index is 0.0316. The van der Waals surface area contributed by atoms with Gasteiger partial charge in [-0.1, -0.05) is 0 Å². The molecule has 1 aromatic carbocycles. The predicted octanol–water partition coefficient (Wildman–Crippen LogP) is 1.76. The van der Waals surface area contributed by atoms with Crippen LogP contribution in [0, 0.1) is 5.41 Å². The molecule has 17 heavy (non-hydrogen) atoms. The molecule has 0 bridgehead atoms. The second-order valence-electron chi connectivity index (χ2n) is 4.40. The molecule has 1 fully saturated rings. The molecule has 0 atom stereocenters. The van der Waals surface area contributed by atoms with E-state index in [9.17, 15) is 4.79 Å². The van der Waals surface area contributed by atoms with Crippen molar-refractivity contribution >= 4 is 11.6 Å². The van der Waals surface area contributed by atoms with Crippen molar-refractivity contribution in [1.29, 1.82) is 0 Å². The van der Waals surface area contributed by atoms with Gasteiger partial charge in [-0.15, -0.1) is 0 Å². The highest BCUT2D eigenvalue weighted by molar-refractivity contribution is 5.97. The maximum absolute atomic E-state index is 11.9. The molecule has 92 valence electrons. The Morgan fingerprint density at radius 3 is 2.53 bits per heavy atom. The molecular weight excluding hydrogens is 216 g/mol. The van der Waals surface area contributed by atoms with Crippen LogP contribution in [-0.4, -0.2) is 19.1 Å². The summed E-state index contributed by atoms with van der Waals surface area (Å²) in [6, 6.07) is 7.38. The zero-order valence-corrected chi connectivity index (χ0v) is 10.0. The molecule has 0 aromatic heterocycles. The first-order chi connectivity index (χ1) is 8.20. The molecule has 0 spiro atoms. The van der Waals surface area contributed by atoms with Crippen molar-refractivity contribution in [1.82, 2.24) is 0 Å². The first kappa shape index (κ1) is 11.9. The molecule has 1 aliphatic rings. The van der Waals surface area contributed by atoms with E-state index in [4.69, 9.17) is 10.5 Å². The topological polar surface area (TPSA) is 64.3 Å². The smallest absolute Gasteiger partial charge is 0.231 e. The van der Waals surface area contributed by atoms with Crippen LogP contribution in [0.2, 0.25) is 0 Å². The highest BCUT2D eigenvalue weighted by Crippen LogP contribution is 2.45. The average Bonchev–Trinajstić information content (AvgIpc) is 3.13. The first-order valence-corrected chi connectivity index (χ1v) is 5.94. The number of nitrogens with one attached hydrogen (secondary N) is 1. The summed E-state index contributed by atoms with van der Waals surface area (Å²) >= 11 is 0. The van der Waals surface area contributed by atoms with Crippen LogP contribution in [0.25, 0.3) is 0 Å². The van der Waals surface area contributed by atoms with Crippen molar-refractivity contribution in [2.45, 2.75) is 19.8 Å². The molecule has 1 saturated carbocycles. The molecule has 1 amide bonds. The SMILES string of the molecule is CCOc1ccc(NC(=O)C2(CN)CC2)cc1. The van der Waals surface area contributed by atoms with E-state index in [0.717, 1.165) is 24.3 Å². The Hall–Kier alpha value is -1.55. The van der Waals surface area contributed by atoms with Crippen LogP contribution in [0.3, 0.4) is 0 Å². The number of nitrogens with two attached hydrogens (primary N) is 1. The number of carbonyl (C=O) groups excluding carboxylic acids is 1. The summed E-state index contributed by atoms with van der Waals surface area (Å²) in [5.74, 6) is 0.842. The minimum Gasteiger partial charge on any atom is -0.494 e. The minimum atomic E-state index is -0.307. The number of benzene rings is 1. The number of amides is 1. The zero-order valence-electron chi connectivity index (χ0n) is 10.0. The van der Waals surface area contributed by atoms with Crippen LogP contribution in [0.4, 0.5) is 5.69 Å². The van der Waals surface area contributed by atoms with Crippen LogP contribution in [-0.2, 0) is 4.79 Å². The van der Waals surface area contributed by atoms with Crippen molar-refractivity contribution in [2.75, 3.05) is 18.5 Å². The van der Waals surface area contributed by atoms with Gasteiger partial charge in [-0.2, -0.15) is 0 Å². The standard InChI is InChI=1S/C13H18N2O2/c1-2-17-11-5-3-10(4-6-11)15-12(16)13(9-14)7-8-13/h3-6H,2,7-9,14H2,1H3,(H,15,16). The summed E-state index contributed by atoms with van der Waals surface area (Å²) in [6.07, 6.45) is 1.79. The fourth-order valence-electron chi connectivity index (χ4n) is 1.74. The Labute approximate surface area is 101 Å². The summed E-state index contributed by atoms with van der Waals surface area (Å²) < 4.78 is 5.33. The highest BCUT2D eigenvalue weighted by atomic mass is 16.5. The average molecular weight is 234 g/mol. The molecular formula is C13H18N2O2. The number of rotatable bonds is 5. The molecule has 0 saturated heterocycles. The third-order valence-electron chi connectivity index (χ3n) is 3.15. The Kier molecular flexibility index (Phi) is 3.33. The third-order valence-corrected chi connectivity index (χ3v) is 3.15. The molecule has 1 aromatic rings. The summed E-state index contributed by atoms with van der Waals surface area (Å²) in [4.78, 5) is 11.9. The van der Waals surface area contributed by atoms with Crippen molar-refractivity contribution in [3.63, 3.8) is 0 Å². The van der Waals surface area contributed by atoms with Gasteiger partial charge in [0.05, 0.1) is 12.0 Å². The predicted molar refractivity (Wildman–Crippen MR) is 67.0 cm³/mol. The van der Waals surface area contributed by atoms with Gasteiger partial charge in [-0.05, 0) is 44.0 Å². The molecule has 4 heteroatoms. The van der Waals surface area contributed by atoms with Gasteiger partial charge in [0.25, 0.3) is 0 Å². The van der Waals surface area contributed by atoms with Crippen LogP contribution in [0.15, 0.2) is 24.3 Å². The fraction of sp³-hybridized carbons (Fsp3) is 0.462. The van der Waals surface area contributed by atoms with Crippen molar-refractivity contribution in [2.24, 2.45) is 11.1 Å². The van der Waals surface area contributed by atoms with E-state index in [1.807, 2.05) is 31.2 Å².